The van der Waals surface area contributed by atoms with Crippen LogP contribution in [0.15, 0.2) is 36.7 Å². The van der Waals surface area contributed by atoms with Gasteiger partial charge in [-0.2, -0.15) is 13.2 Å². The van der Waals surface area contributed by atoms with Crippen molar-refractivity contribution in [1.82, 2.24) is 14.3 Å². The number of hydrogen-bond acceptors (Lipinski definition) is 5. The van der Waals surface area contributed by atoms with Crippen molar-refractivity contribution in [1.29, 1.82) is 0 Å². The van der Waals surface area contributed by atoms with Crippen LogP contribution < -0.4 is 9.64 Å². The summed E-state index contributed by atoms with van der Waals surface area (Å²) < 4.78 is 46.0. The molecule has 180 valence electrons. The molecule has 7 nitrogen and oxygen atoms in total. The summed E-state index contributed by atoms with van der Waals surface area (Å²) >= 11 is 0. The largest absolute Gasteiger partial charge is 0.496 e. The molecule has 1 fully saturated rings. The molecule has 3 aromatic rings. The number of imidazole rings is 1. The molecule has 2 aromatic heterocycles. The summed E-state index contributed by atoms with van der Waals surface area (Å²) in [5.74, 6) is -0.417. The molecule has 0 unspecified atom stereocenters. The van der Waals surface area contributed by atoms with Gasteiger partial charge in [0.25, 0.3) is 5.91 Å². The first-order chi connectivity index (χ1) is 16.2. The van der Waals surface area contributed by atoms with Crippen molar-refractivity contribution in [2.75, 3.05) is 38.2 Å². The molecule has 2 aliphatic heterocycles. The highest BCUT2D eigenvalue weighted by Gasteiger charge is 2.37. The van der Waals surface area contributed by atoms with Gasteiger partial charge in [-0.05, 0) is 43.0 Å². The van der Waals surface area contributed by atoms with E-state index in [2.05, 4.69) is 9.88 Å². The second-order valence-electron chi connectivity index (χ2n) is 8.78. The van der Waals surface area contributed by atoms with E-state index in [1.54, 1.807) is 12.3 Å². The first-order valence-electron chi connectivity index (χ1n) is 11.2. The van der Waals surface area contributed by atoms with Crippen LogP contribution in [0.1, 0.15) is 28.8 Å². The summed E-state index contributed by atoms with van der Waals surface area (Å²) in [5, 5.41) is 9.76. The Hall–Kier alpha value is -3.27. The highest BCUT2D eigenvalue weighted by Crippen LogP contribution is 2.35. The second-order valence-corrected chi connectivity index (χ2v) is 8.78. The molecule has 2 aliphatic rings. The van der Waals surface area contributed by atoms with E-state index in [0.29, 0.717) is 12.0 Å². The molecule has 0 saturated carbocycles. The fraction of sp³-hybridized carbons (Fsp3) is 0.417. The smallest absolute Gasteiger partial charge is 0.406 e. The van der Waals surface area contributed by atoms with Gasteiger partial charge in [-0.3, -0.25) is 9.20 Å². The SMILES string of the molecule is COc1cc(-c2cnc3cc(N4CCC(O)CC4)ccn23)cc2c1C(=O)N(CC(F)(F)F)CC2. The first kappa shape index (κ1) is 22.5. The normalized spacial score (nSPS) is 17.4. The Morgan fingerprint density at radius 3 is 2.65 bits per heavy atom. The standard InChI is InChI=1S/C24H25F3N4O3/c1-34-20-11-16(10-15-2-6-30(14-24(25,26)27)23(33)22(15)20)19-13-28-21-12-17(3-9-31(19)21)29-7-4-18(32)5-8-29/h3,9-13,18,32H,2,4-8,14H2,1H3. The number of amides is 1. The number of nitrogens with zero attached hydrogens (tertiary/aromatic N) is 4. The summed E-state index contributed by atoms with van der Waals surface area (Å²) in [6.45, 7) is 0.291. The van der Waals surface area contributed by atoms with Crippen molar-refractivity contribution in [3.8, 4) is 17.0 Å². The van der Waals surface area contributed by atoms with Gasteiger partial charge in [0, 0.05) is 43.1 Å². The Morgan fingerprint density at radius 1 is 1.18 bits per heavy atom. The number of ether oxygens (including phenoxy) is 1. The summed E-state index contributed by atoms with van der Waals surface area (Å²) in [4.78, 5) is 20.4. The number of benzene rings is 1. The number of carbonyl (C=O) groups excluding carboxylic acids is 1. The molecule has 1 amide bonds. The van der Waals surface area contributed by atoms with Gasteiger partial charge in [-0.1, -0.05) is 0 Å². The maximum Gasteiger partial charge on any atom is 0.406 e. The third kappa shape index (κ3) is 4.18. The Labute approximate surface area is 194 Å². The number of hydrogen-bond donors (Lipinski definition) is 1. The molecule has 1 N–H and O–H groups in total. The highest BCUT2D eigenvalue weighted by atomic mass is 19.4. The molecule has 4 heterocycles. The van der Waals surface area contributed by atoms with E-state index in [-0.39, 0.29) is 24.0 Å². The molecule has 0 bridgehead atoms. The van der Waals surface area contributed by atoms with Crippen molar-refractivity contribution >= 4 is 17.2 Å². The average molecular weight is 474 g/mol. The third-order valence-corrected chi connectivity index (χ3v) is 6.55. The number of fused-ring (bicyclic) bond motifs is 2. The zero-order chi connectivity index (χ0) is 24.0. The summed E-state index contributed by atoms with van der Waals surface area (Å²) in [6, 6.07) is 7.51. The predicted octanol–water partition coefficient (Wildman–Crippen LogP) is 3.53. The number of alkyl halides is 3. The molecule has 0 spiro atoms. The van der Waals surface area contributed by atoms with Crippen LogP contribution in [0, 0.1) is 0 Å². The van der Waals surface area contributed by atoms with Crippen LogP contribution in [0.4, 0.5) is 18.9 Å². The minimum absolute atomic E-state index is 0.000997. The number of methoxy groups -OCH3 is 1. The predicted molar refractivity (Wildman–Crippen MR) is 120 cm³/mol. The van der Waals surface area contributed by atoms with E-state index in [1.165, 1.54) is 7.11 Å². The fourth-order valence-electron chi connectivity index (χ4n) is 4.81. The van der Waals surface area contributed by atoms with Crippen LogP contribution in [-0.4, -0.2) is 70.9 Å². The van der Waals surface area contributed by atoms with Gasteiger partial charge in [0.15, 0.2) is 0 Å². The van der Waals surface area contributed by atoms with Crippen molar-refractivity contribution in [3.05, 3.63) is 47.8 Å². The zero-order valence-corrected chi connectivity index (χ0v) is 18.7. The number of piperidine rings is 1. The minimum atomic E-state index is -4.45. The Morgan fingerprint density at radius 2 is 1.94 bits per heavy atom. The lowest BCUT2D eigenvalue weighted by atomic mass is 9.94. The number of carbonyl (C=O) groups is 1. The Bertz CT molecular complexity index is 1210. The Kier molecular flexibility index (Phi) is 5.63. The topological polar surface area (TPSA) is 70.3 Å². The van der Waals surface area contributed by atoms with E-state index in [4.69, 9.17) is 4.74 Å². The fourth-order valence-corrected chi connectivity index (χ4v) is 4.81. The molecule has 5 rings (SSSR count). The van der Waals surface area contributed by atoms with E-state index in [0.717, 1.165) is 53.4 Å². The van der Waals surface area contributed by atoms with Gasteiger partial charge < -0.3 is 19.6 Å². The number of halogens is 3. The number of pyridine rings is 1. The van der Waals surface area contributed by atoms with Crippen molar-refractivity contribution in [3.63, 3.8) is 0 Å². The second kappa shape index (κ2) is 8.50. The molecule has 0 aliphatic carbocycles. The van der Waals surface area contributed by atoms with E-state index < -0.39 is 18.6 Å². The molecular formula is C24H25F3N4O3. The quantitative estimate of drug-likeness (QED) is 0.627. The minimum Gasteiger partial charge on any atom is -0.496 e. The van der Waals surface area contributed by atoms with Gasteiger partial charge in [-0.15, -0.1) is 0 Å². The van der Waals surface area contributed by atoms with Crippen molar-refractivity contribution < 1.29 is 27.8 Å². The number of anilines is 1. The van der Waals surface area contributed by atoms with Gasteiger partial charge >= 0.3 is 6.18 Å². The first-order valence-corrected chi connectivity index (χ1v) is 11.2. The van der Waals surface area contributed by atoms with Crippen LogP contribution in [0.2, 0.25) is 0 Å². The van der Waals surface area contributed by atoms with Crippen molar-refractivity contribution in [2.24, 2.45) is 0 Å². The molecular weight excluding hydrogens is 449 g/mol. The maximum atomic E-state index is 12.9. The monoisotopic (exact) mass is 474 g/mol. The lowest BCUT2D eigenvalue weighted by Crippen LogP contribution is -2.43. The van der Waals surface area contributed by atoms with Crippen LogP contribution in [-0.2, 0) is 6.42 Å². The number of aliphatic hydroxyl groups is 1. The Balaban J connectivity index is 1.48. The van der Waals surface area contributed by atoms with E-state index >= 15 is 0 Å². The van der Waals surface area contributed by atoms with E-state index in [9.17, 15) is 23.1 Å². The van der Waals surface area contributed by atoms with Gasteiger partial charge in [-0.25, -0.2) is 4.98 Å². The van der Waals surface area contributed by atoms with Crippen LogP contribution >= 0.6 is 0 Å². The average Bonchev–Trinajstić information content (AvgIpc) is 3.23. The zero-order valence-electron chi connectivity index (χ0n) is 18.7. The number of aromatic nitrogens is 2. The van der Waals surface area contributed by atoms with Gasteiger partial charge in [0.05, 0.1) is 30.7 Å². The summed E-state index contributed by atoms with van der Waals surface area (Å²) in [6.07, 6.45) is 0.746. The lowest BCUT2D eigenvalue weighted by Gasteiger charge is -2.31. The number of rotatable bonds is 4. The number of aliphatic hydroxyl groups excluding tert-OH is 1. The molecule has 34 heavy (non-hydrogen) atoms. The summed E-state index contributed by atoms with van der Waals surface area (Å²) in [5.41, 5.74) is 4.20. The molecule has 1 saturated heterocycles. The van der Waals surface area contributed by atoms with E-state index in [1.807, 2.05) is 28.8 Å². The molecule has 10 heteroatoms. The van der Waals surface area contributed by atoms with Crippen molar-refractivity contribution in [2.45, 2.75) is 31.5 Å². The highest BCUT2D eigenvalue weighted by molar-refractivity contribution is 6.00. The maximum absolute atomic E-state index is 12.9. The van der Waals surface area contributed by atoms with Gasteiger partial charge in [0.2, 0.25) is 0 Å². The van der Waals surface area contributed by atoms with Gasteiger partial charge in [0.1, 0.15) is 17.9 Å². The molecule has 0 radical (unpaired) electrons. The molecule has 0 atom stereocenters. The molecule has 1 aromatic carbocycles. The summed E-state index contributed by atoms with van der Waals surface area (Å²) in [7, 11) is 1.41. The lowest BCUT2D eigenvalue weighted by molar-refractivity contribution is -0.141. The van der Waals surface area contributed by atoms with Crippen LogP contribution in [0.25, 0.3) is 16.9 Å². The van der Waals surface area contributed by atoms with Crippen LogP contribution in [0.5, 0.6) is 5.75 Å². The third-order valence-electron chi connectivity index (χ3n) is 6.55. The van der Waals surface area contributed by atoms with Crippen LogP contribution in [0.3, 0.4) is 0 Å².